The number of hydrogen-bond acceptors (Lipinski definition) is 4. The van der Waals surface area contributed by atoms with Crippen LogP contribution in [0.2, 0.25) is 0 Å². The predicted octanol–water partition coefficient (Wildman–Crippen LogP) is 1.61. The lowest BCUT2D eigenvalue weighted by atomic mass is 10.1. The standard InChI is InChI=1S/C11H13NO3S/c1-8-7-11(16(13,14)5-4-12)9(2)6-10(8)15-3/h6-7H,5H2,1-3H3. The van der Waals surface area contributed by atoms with Gasteiger partial charge >= 0.3 is 0 Å². The van der Waals surface area contributed by atoms with Crippen molar-refractivity contribution >= 4 is 9.84 Å². The first-order valence-electron chi connectivity index (χ1n) is 4.67. The van der Waals surface area contributed by atoms with E-state index in [9.17, 15) is 8.42 Å². The van der Waals surface area contributed by atoms with Gasteiger partial charge in [0.15, 0.2) is 9.84 Å². The molecule has 0 aliphatic carbocycles. The largest absolute Gasteiger partial charge is 0.496 e. The highest BCUT2D eigenvalue weighted by Crippen LogP contribution is 2.26. The van der Waals surface area contributed by atoms with E-state index in [1.165, 1.54) is 7.11 Å². The maximum absolute atomic E-state index is 11.7. The predicted molar refractivity (Wildman–Crippen MR) is 60.1 cm³/mol. The number of hydrogen-bond donors (Lipinski definition) is 0. The Morgan fingerprint density at radius 2 is 1.94 bits per heavy atom. The van der Waals surface area contributed by atoms with Crippen molar-refractivity contribution in [3.05, 3.63) is 23.3 Å². The molecule has 0 saturated carbocycles. The molecule has 0 aliphatic rings. The van der Waals surface area contributed by atoms with E-state index in [0.717, 1.165) is 5.56 Å². The normalized spacial score (nSPS) is 10.9. The number of nitrogens with zero attached hydrogens (tertiary/aromatic N) is 1. The van der Waals surface area contributed by atoms with Crippen LogP contribution in [-0.4, -0.2) is 21.3 Å². The molecule has 1 rings (SSSR count). The minimum Gasteiger partial charge on any atom is -0.496 e. The first kappa shape index (κ1) is 12.5. The molecule has 0 N–H and O–H groups in total. The van der Waals surface area contributed by atoms with E-state index in [-0.39, 0.29) is 4.90 Å². The summed E-state index contributed by atoms with van der Waals surface area (Å²) in [7, 11) is -1.97. The summed E-state index contributed by atoms with van der Waals surface area (Å²) in [6.45, 7) is 3.45. The second-order valence-corrected chi connectivity index (χ2v) is 5.46. The molecule has 0 heterocycles. The molecule has 0 amide bonds. The number of aryl methyl sites for hydroxylation is 2. The molecule has 0 radical (unpaired) electrons. The average Bonchev–Trinajstić information content (AvgIpc) is 2.20. The third kappa shape index (κ3) is 2.34. The van der Waals surface area contributed by atoms with Crippen LogP contribution in [0, 0.1) is 25.2 Å². The Balaban J connectivity index is 3.39. The summed E-state index contributed by atoms with van der Waals surface area (Å²) in [5.74, 6) is 0.146. The van der Waals surface area contributed by atoms with Crippen LogP contribution in [0.25, 0.3) is 0 Å². The monoisotopic (exact) mass is 239 g/mol. The minimum atomic E-state index is -3.51. The SMILES string of the molecule is COc1cc(C)c(S(=O)(=O)CC#N)cc1C. The Labute approximate surface area is 95.4 Å². The second kappa shape index (κ2) is 4.54. The van der Waals surface area contributed by atoms with Gasteiger partial charge in [0.1, 0.15) is 11.5 Å². The Morgan fingerprint density at radius 3 is 2.44 bits per heavy atom. The van der Waals surface area contributed by atoms with E-state index in [1.807, 2.05) is 0 Å². The van der Waals surface area contributed by atoms with E-state index < -0.39 is 15.6 Å². The van der Waals surface area contributed by atoms with Gasteiger partial charge in [0.25, 0.3) is 0 Å². The first-order valence-corrected chi connectivity index (χ1v) is 6.32. The van der Waals surface area contributed by atoms with Crippen LogP contribution in [0.1, 0.15) is 11.1 Å². The lowest BCUT2D eigenvalue weighted by Crippen LogP contribution is -2.07. The Hall–Kier alpha value is -1.54. The summed E-state index contributed by atoms with van der Waals surface area (Å²) in [5, 5.41) is 8.47. The van der Waals surface area contributed by atoms with E-state index in [1.54, 1.807) is 32.0 Å². The van der Waals surface area contributed by atoms with Crippen molar-refractivity contribution in [3.63, 3.8) is 0 Å². The zero-order valence-electron chi connectivity index (χ0n) is 9.44. The van der Waals surface area contributed by atoms with Gasteiger partial charge in [-0.2, -0.15) is 5.26 Å². The molecule has 5 heteroatoms. The van der Waals surface area contributed by atoms with Crippen LogP contribution < -0.4 is 4.74 Å². The number of ether oxygens (including phenoxy) is 1. The van der Waals surface area contributed by atoms with Gasteiger partial charge in [0, 0.05) is 0 Å². The summed E-state index contributed by atoms with van der Waals surface area (Å²) in [6.07, 6.45) is 0. The van der Waals surface area contributed by atoms with Gasteiger partial charge in [-0.15, -0.1) is 0 Å². The van der Waals surface area contributed by atoms with Crippen molar-refractivity contribution in [1.82, 2.24) is 0 Å². The topological polar surface area (TPSA) is 67.2 Å². The minimum absolute atomic E-state index is 0.201. The molecule has 16 heavy (non-hydrogen) atoms. The molecule has 0 spiro atoms. The van der Waals surface area contributed by atoms with Gasteiger partial charge in [-0.25, -0.2) is 8.42 Å². The molecule has 0 aliphatic heterocycles. The zero-order chi connectivity index (χ0) is 12.3. The van der Waals surface area contributed by atoms with Gasteiger partial charge in [0.2, 0.25) is 0 Å². The van der Waals surface area contributed by atoms with Gasteiger partial charge < -0.3 is 4.74 Å². The van der Waals surface area contributed by atoms with Crippen LogP contribution in [-0.2, 0) is 9.84 Å². The summed E-state index contributed by atoms with van der Waals surface area (Å²) in [6, 6.07) is 4.87. The van der Waals surface area contributed by atoms with Crippen LogP contribution in [0.5, 0.6) is 5.75 Å². The maximum Gasteiger partial charge on any atom is 0.191 e. The summed E-state index contributed by atoms with van der Waals surface area (Å²) < 4.78 is 28.6. The lowest BCUT2D eigenvalue weighted by molar-refractivity contribution is 0.411. The molecular weight excluding hydrogens is 226 g/mol. The molecule has 4 nitrogen and oxygen atoms in total. The third-order valence-corrected chi connectivity index (χ3v) is 3.90. The van der Waals surface area contributed by atoms with Crippen LogP contribution in [0.4, 0.5) is 0 Å². The highest BCUT2D eigenvalue weighted by atomic mass is 32.2. The van der Waals surface area contributed by atoms with Gasteiger partial charge in [-0.05, 0) is 37.1 Å². The smallest absolute Gasteiger partial charge is 0.191 e. The van der Waals surface area contributed by atoms with Gasteiger partial charge in [-0.3, -0.25) is 0 Å². The Bertz CT molecular complexity index is 541. The number of nitriles is 1. The van der Waals surface area contributed by atoms with E-state index >= 15 is 0 Å². The second-order valence-electron chi connectivity index (χ2n) is 3.50. The summed E-state index contributed by atoms with van der Waals surface area (Å²) >= 11 is 0. The summed E-state index contributed by atoms with van der Waals surface area (Å²) in [5.41, 5.74) is 1.34. The fraction of sp³-hybridized carbons (Fsp3) is 0.364. The fourth-order valence-electron chi connectivity index (χ4n) is 1.48. The van der Waals surface area contributed by atoms with Crippen molar-refractivity contribution in [2.45, 2.75) is 18.7 Å². The molecule has 0 bridgehead atoms. The number of rotatable bonds is 3. The number of sulfone groups is 1. The lowest BCUT2D eigenvalue weighted by Gasteiger charge is -2.10. The van der Waals surface area contributed by atoms with Crippen LogP contribution in [0.15, 0.2) is 17.0 Å². The van der Waals surface area contributed by atoms with Crippen LogP contribution in [0.3, 0.4) is 0 Å². The highest BCUT2D eigenvalue weighted by Gasteiger charge is 2.18. The molecule has 0 fully saturated rings. The molecule has 1 aromatic carbocycles. The molecular formula is C11H13NO3S. The number of methoxy groups -OCH3 is 1. The van der Waals surface area contributed by atoms with Crippen molar-refractivity contribution in [1.29, 1.82) is 5.26 Å². The van der Waals surface area contributed by atoms with E-state index in [0.29, 0.717) is 11.3 Å². The zero-order valence-corrected chi connectivity index (χ0v) is 10.3. The highest BCUT2D eigenvalue weighted by molar-refractivity contribution is 7.91. The van der Waals surface area contributed by atoms with Crippen molar-refractivity contribution in [2.75, 3.05) is 12.9 Å². The molecule has 86 valence electrons. The fourth-order valence-corrected chi connectivity index (χ4v) is 2.71. The summed E-state index contributed by atoms with van der Waals surface area (Å²) in [4.78, 5) is 0.201. The van der Waals surface area contributed by atoms with Crippen molar-refractivity contribution in [3.8, 4) is 11.8 Å². The average molecular weight is 239 g/mol. The van der Waals surface area contributed by atoms with Crippen molar-refractivity contribution in [2.24, 2.45) is 0 Å². The third-order valence-electron chi connectivity index (χ3n) is 2.28. The molecule has 0 aromatic heterocycles. The Morgan fingerprint density at radius 1 is 1.31 bits per heavy atom. The van der Waals surface area contributed by atoms with E-state index in [4.69, 9.17) is 10.00 Å². The first-order chi connectivity index (χ1) is 7.42. The maximum atomic E-state index is 11.7. The van der Waals surface area contributed by atoms with E-state index in [2.05, 4.69) is 0 Å². The quantitative estimate of drug-likeness (QED) is 0.803. The van der Waals surface area contributed by atoms with Gasteiger partial charge in [0.05, 0.1) is 18.1 Å². The Kier molecular flexibility index (Phi) is 3.55. The van der Waals surface area contributed by atoms with Gasteiger partial charge in [-0.1, -0.05) is 0 Å². The van der Waals surface area contributed by atoms with Crippen LogP contribution >= 0.6 is 0 Å². The molecule has 0 unspecified atom stereocenters. The molecule has 1 aromatic rings. The molecule has 0 saturated heterocycles. The molecule has 0 atom stereocenters. The number of benzene rings is 1. The van der Waals surface area contributed by atoms with Crippen molar-refractivity contribution < 1.29 is 13.2 Å².